The standard InChI is InChI=1S/C11H24N2O2/c1-5-10(11(14)15-7-3)12-8-9-13(4)6-2/h10,12H,5-9H2,1-4H3. The van der Waals surface area contributed by atoms with Crippen LogP contribution in [0.3, 0.4) is 0 Å². The highest BCUT2D eigenvalue weighted by Gasteiger charge is 2.16. The minimum atomic E-state index is -0.157. The van der Waals surface area contributed by atoms with E-state index in [9.17, 15) is 4.79 Å². The van der Waals surface area contributed by atoms with Crippen molar-refractivity contribution < 1.29 is 9.53 Å². The van der Waals surface area contributed by atoms with E-state index in [2.05, 4.69) is 24.2 Å². The van der Waals surface area contributed by atoms with E-state index in [0.717, 1.165) is 26.1 Å². The molecule has 0 fully saturated rings. The van der Waals surface area contributed by atoms with Crippen LogP contribution in [0.2, 0.25) is 0 Å². The van der Waals surface area contributed by atoms with Crippen molar-refractivity contribution in [3.8, 4) is 0 Å². The molecule has 15 heavy (non-hydrogen) atoms. The van der Waals surface area contributed by atoms with Crippen LogP contribution < -0.4 is 5.32 Å². The maximum atomic E-state index is 11.4. The smallest absolute Gasteiger partial charge is 0.323 e. The summed E-state index contributed by atoms with van der Waals surface area (Å²) in [7, 11) is 2.06. The van der Waals surface area contributed by atoms with Gasteiger partial charge >= 0.3 is 5.97 Å². The van der Waals surface area contributed by atoms with E-state index in [0.29, 0.717) is 6.61 Å². The Kier molecular flexibility index (Phi) is 8.33. The zero-order valence-electron chi connectivity index (χ0n) is 10.4. The third-order valence-corrected chi connectivity index (χ3v) is 2.40. The first-order chi connectivity index (χ1) is 7.15. The van der Waals surface area contributed by atoms with Crippen LogP contribution in [0.1, 0.15) is 27.2 Å². The Hall–Kier alpha value is -0.610. The van der Waals surface area contributed by atoms with Crippen molar-refractivity contribution in [2.75, 3.05) is 33.3 Å². The van der Waals surface area contributed by atoms with Gasteiger partial charge in [-0.2, -0.15) is 0 Å². The van der Waals surface area contributed by atoms with Crippen LogP contribution in [-0.4, -0.2) is 50.2 Å². The summed E-state index contributed by atoms with van der Waals surface area (Å²) in [6.45, 7) is 9.17. The van der Waals surface area contributed by atoms with Gasteiger partial charge < -0.3 is 15.0 Å². The Morgan fingerprint density at radius 2 is 2.07 bits per heavy atom. The van der Waals surface area contributed by atoms with Gasteiger partial charge in [-0.1, -0.05) is 13.8 Å². The molecule has 0 aliphatic rings. The van der Waals surface area contributed by atoms with Crippen molar-refractivity contribution >= 4 is 5.97 Å². The Bertz CT molecular complexity index is 174. The van der Waals surface area contributed by atoms with Crippen molar-refractivity contribution in [3.63, 3.8) is 0 Å². The average Bonchev–Trinajstić information content (AvgIpc) is 2.24. The number of carbonyl (C=O) groups is 1. The summed E-state index contributed by atoms with van der Waals surface area (Å²) in [4.78, 5) is 13.6. The van der Waals surface area contributed by atoms with Crippen molar-refractivity contribution in [2.24, 2.45) is 0 Å². The predicted octanol–water partition coefficient (Wildman–Crippen LogP) is 0.869. The lowest BCUT2D eigenvalue weighted by atomic mass is 10.2. The summed E-state index contributed by atoms with van der Waals surface area (Å²) in [6.07, 6.45) is 0.772. The van der Waals surface area contributed by atoms with Crippen LogP contribution >= 0.6 is 0 Å². The van der Waals surface area contributed by atoms with Crippen molar-refractivity contribution in [1.82, 2.24) is 10.2 Å². The second-order valence-electron chi connectivity index (χ2n) is 3.56. The summed E-state index contributed by atoms with van der Waals surface area (Å²) in [5.74, 6) is -0.140. The molecule has 4 nitrogen and oxygen atoms in total. The molecule has 0 bridgehead atoms. The maximum absolute atomic E-state index is 11.4. The van der Waals surface area contributed by atoms with Crippen LogP contribution in [0.25, 0.3) is 0 Å². The molecule has 0 aliphatic carbocycles. The Balaban J connectivity index is 3.74. The number of hydrogen-bond acceptors (Lipinski definition) is 4. The maximum Gasteiger partial charge on any atom is 0.323 e. The van der Waals surface area contributed by atoms with Gasteiger partial charge in [0.1, 0.15) is 6.04 Å². The fourth-order valence-electron chi connectivity index (χ4n) is 1.22. The number of esters is 1. The zero-order chi connectivity index (χ0) is 11.7. The average molecular weight is 216 g/mol. The third-order valence-electron chi connectivity index (χ3n) is 2.40. The highest BCUT2D eigenvalue weighted by molar-refractivity contribution is 5.75. The second kappa shape index (κ2) is 8.68. The molecule has 1 unspecified atom stereocenters. The lowest BCUT2D eigenvalue weighted by Crippen LogP contribution is -2.41. The summed E-state index contributed by atoms with van der Waals surface area (Å²) < 4.78 is 4.96. The number of likely N-dealkylation sites (N-methyl/N-ethyl adjacent to an activating group) is 1. The van der Waals surface area contributed by atoms with Crippen LogP contribution in [0.5, 0.6) is 0 Å². The summed E-state index contributed by atoms with van der Waals surface area (Å²) in [6, 6.07) is -0.157. The molecule has 0 heterocycles. The molecular weight excluding hydrogens is 192 g/mol. The van der Waals surface area contributed by atoms with E-state index in [-0.39, 0.29) is 12.0 Å². The molecule has 1 atom stereocenters. The van der Waals surface area contributed by atoms with Gasteiger partial charge in [0.05, 0.1) is 6.61 Å². The molecule has 0 rings (SSSR count). The predicted molar refractivity (Wildman–Crippen MR) is 61.9 cm³/mol. The molecule has 0 amide bonds. The molecule has 90 valence electrons. The van der Waals surface area contributed by atoms with Crippen molar-refractivity contribution in [2.45, 2.75) is 33.2 Å². The Morgan fingerprint density at radius 1 is 1.40 bits per heavy atom. The fraction of sp³-hybridized carbons (Fsp3) is 0.909. The molecular formula is C11H24N2O2. The van der Waals surface area contributed by atoms with Gasteiger partial charge in [-0.05, 0) is 26.9 Å². The molecule has 0 aromatic heterocycles. The van der Waals surface area contributed by atoms with E-state index in [1.807, 2.05) is 13.8 Å². The SMILES string of the molecule is CCOC(=O)C(CC)NCCN(C)CC. The highest BCUT2D eigenvalue weighted by atomic mass is 16.5. The van der Waals surface area contributed by atoms with Gasteiger partial charge in [0.15, 0.2) is 0 Å². The molecule has 0 saturated carbocycles. The minimum absolute atomic E-state index is 0.140. The lowest BCUT2D eigenvalue weighted by Gasteiger charge is -2.18. The molecule has 0 saturated heterocycles. The summed E-state index contributed by atoms with van der Waals surface area (Å²) in [5.41, 5.74) is 0. The zero-order valence-corrected chi connectivity index (χ0v) is 10.4. The van der Waals surface area contributed by atoms with Gasteiger partial charge in [-0.3, -0.25) is 4.79 Å². The summed E-state index contributed by atoms with van der Waals surface area (Å²) in [5, 5.41) is 3.20. The monoisotopic (exact) mass is 216 g/mol. The molecule has 1 N–H and O–H groups in total. The Morgan fingerprint density at radius 3 is 2.53 bits per heavy atom. The summed E-state index contributed by atoms with van der Waals surface area (Å²) >= 11 is 0. The lowest BCUT2D eigenvalue weighted by molar-refractivity contribution is -0.145. The van der Waals surface area contributed by atoms with E-state index in [4.69, 9.17) is 4.74 Å². The minimum Gasteiger partial charge on any atom is -0.465 e. The second-order valence-corrected chi connectivity index (χ2v) is 3.56. The van der Waals surface area contributed by atoms with Crippen LogP contribution in [0.4, 0.5) is 0 Å². The largest absolute Gasteiger partial charge is 0.465 e. The number of rotatable bonds is 8. The number of hydrogen-bond donors (Lipinski definition) is 1. The fourth-order valence-corrected chi connectivity index (χ4v) is 1.22. The molecule has 0 aromatic carbocycles. The number of nitrogens with zero attached hydrogens (tertiary/aromatic N) is 1. The molecule has 0 aliphatic heterocycles. The van der Waals surface area contributed by atoms with Gasteiger partial charge in [-0.15, -0.1) is 0 Å². The first kappa shape index (κ1) is 14.4. The van der Waals surface area contributed by atoms with Gasteiger partial charge in [0.2, 0.25) is 0 Å². The first-order valence-corrected chi connectivity index (χ1v) is 5.74. The van der Waals surface area contributed by atoms with E-state index >= 15 is 0 Å². The topological polar surface area (TPSA) is 41.6 Å². The van der Waals surface area contributed by atoms with E-state index < -0.39 is 0 Å². The van der Waals surface area contributed by atoms with E-state index in [1.54, 1.807) is 0 Å². The number of nitrogens with one attached hydrogen (secondary N) is 1. The third kappa shape index (κ3) is 6.47. The first-order valence-electron chi connectivity index (χ1n) is 5.74. The quantitative estimate of drug-likeness (QED) is 0.611. The van der Waals surface area contributed by atoms with Crippen LogP contribution in [0, 0.1) is 0 Å². The van der Waals surface area contributed by atoms with Crippen LogP contribution in [-0.2, 0) is 9.53 Å². The molecule has 0 aromatic rings. The van der Waals surface area contributed by atoms with Gasteiger partial charge in [0.25, 0.3) is 0 Å². The van der Waals surface area contributed by atoms with Crippen LogP contribution in [0.15, 0.2) is 0 Å². The molecule has 4 heteroatoms. The normalized spacial score (nSPS) is 12.9. The van der Waals surface area contributed by atoms with E-state index in [1.165, 1.54) is 0 Å². The molecule has 0 radical (unpaired) electrons. The Labute approximate surface area is 93.0 Å². The molecule has 0 spiro atoms. The van der Waals surface area contributed by atoms with Gasteiger partial charge in [0, 0.05) is 13.1 Å². The number of ether oxygens (including phenoxy) is 1. The number of carbonyl (C=O) groups excluding carboxylic acids is 1. The van der Waals surface area contributed by atoms with Crippen molar-refractivity contribution in [3.05, 3.63) is 0 Å². The van der Waals surface area contributed by atoms with Crippen molar-refractivity contribution in [1.29, 1.82) is 0 Å². The highest BCUT2D eigenvalue weighted by Crippen LogP contribution is 1.94. The van der Waals surface area contributed by atoms with Gasteiger partial charge in [-0.25, -0.2) is 0 Å².